The number of rotatable bonds is 1. The van der Waals surface area contributed by atoms with E-state index in [0.29, 0.717) is 0 Å². The van der Waals surface area contributed by atoms with Gasteiger partial charge in [0.05, 0.1) is 7.11 Å². The van der Waals surface area contributed by atoms with Gasteiger partial charge in [0.2, 0.25) is 0 Å². The molecule has 1 atom stereocenters. The zero-order chi connectivity index (χ0) is 8.55. The Labute approximate surface area is 72.7 Å². The maximum atomic E-state index is 11.3. The first-order chi connectivity index (χ1) is 5.81. The van der Waals surface area contributed by atoms with E-state index >= 15 is 0 Å². The molecule has 3 rings (SSSR count). The number of carbonyl (C=O) groups excluding carboxylic acids is 1. The number of carbonyl (C=O) groups is 1. The third kappa shape index (κ3) is 1.22. The van der Waals surface area contributed by atoms with Crippen LogP contribution in [-0.4, -0.2) is 37.1 Å². The Morgan fingerprint density at radius 2 is 2.08 bits per heavy atom. The second-order valence-corrected chi connectivity index (χ2v) is 3.75. The van der Waals surface area contributed by atoms with Gasteiger partial charge in [-0.05, 0) is 38.3 Å². The van der Waals surface area contributed by atoms with Crippen molar-refractivity contribution >= 4 is 5.97 Å². The molecule has 0 saturated carbocycles. The van der Waals surface area contributed by atoms with Crippen molar-refractivity contribution in [3.8, 4) is 0 Å². The molecule has 3 saturated heterocycles. The molecule has 0 radical (unpaired) electrons. The van der Waals surface area contributed by atoms with Crippen molar-refractivity contribution in [2.24, 2.45) is 5.92 Å². The molecule has 2 bridgehead atoms. The summed E-state index contributed by atoms with van der Waals surface area (Å²) in [5.74, 6) is 0.735. The molecule has 3 aliphatic rings. The molecule has 3 aliphatic heterocycles. The number of hydrogen-bond acceptors (Lipinski definition) is 3. The van der Waals surface area contributed by atoms with Crippen LogP contribution in [0.15, 0.2) is 0 Å². The van der Waals surface area contributed by atoms with Gasteiger partial charge in [-0.1, -0.05) is 0 Å². The van der Waals surface area contributed by atoms with Crippen LogP contribution in [0.4, 0.5) is 0 Å². The fourth-order valence-corrected chi connectivity index (χ4v) is 2.35. The average molecular weight is 169 g/mol. The third-order valence-electron chi connectivity index (χ3n) is 3.12. The molecule has 0 aromatic heterocycles. The van der Waals surface area contributed by atoms with Crippen LogP contribution < -0.4 is 0 Å². The number of hydrogen-bond donors (Lipinski definition) is 0. The normalized spacial score (nSPS) is 39.6. The van der Waals surface area contributed by atoms with E-state index in [1.807, 2.05) is 0 Å². The molecule has 0 spiro atoms. The van der Waals surface area contributed by atoms with Crippen LogP contribution in [0, 0.1) is 5.92 Å². The molecular weight excluding hydrogens is 154 g/mol. The molecule has 0 aromatic carbocycles. The zero-order valence-corrected chi connectivity index (χ0v) is 7.45. The molecule has 68 valence electrons. The van der Waals surface area contributed by atoms with Gasteiger partial charge in [-0.3, -0.25) is 9.69 Å². The lowest BCUT2D eigenvalue weighted by Gasteiger charge is -2.43. The summed E-state index contributed by atoms with van der Waals surface area (Å²) in [4.78, 5) is 13.5. The quantitative estimate of drug-likeness (QED) is 0.540. The number of methoxy groups -OCH3 is 1. The second-order valence-electron chi connectivity index (χ2n) is 3.75. The van der Waals surface area contributed by atoms with Gasteiger partial charge in [-0.25, -0.2) is 0 Å². The van der Waals surface area contributed by atoms with Gasteiger partial charge in [0.15, 0.2) is 0 Å². The minimum atomic E-state index is -0.0422. The SMILES string of the molecule is COC(=O)[C@H]1CC2CCN1CC2. The highest BCUT2D eigenvalue weighted by molar-refractivity contribution is 5.75. The lowest BCUT2D eigenvalue weighted by atomic mass is 9.83. The Bertz CT molecular complexity index is 185. The van der Waals surface area contributed by atoms with E-state index in [9.17, 15) is 4.79 Å². The van der Waals surface area contributed by atoms with Crippen LogP contribution in [0.5, 0.6) is 0 Å². The Kier molecular flexibility index (Phi) is 2.05. The van der Waals surface area contributed by atoms with Crippen molar-refractivity contribution in [2.45, 2.75) is 25.3 Å². The maximum Gasteiger partial charge on any atom is 0.323 e. The fourth-order valence-electron chi connectivity index (χ4n) is 2.35. The Hall–Kier alpha value is -0.570. The first kappa shape index (κ1) is 8.05. The van der Waals surface area contributed by atoms with Crippen LogP contribution in [0.2, 0.25) is 0 Å². The lowest BCUT2D eigenvalue weighted by Crippen LogP contribution is -2.52. The molecule has 3 nitrogen and oxygen atoms in total. The van der Waals surface area contributed by atoms with Crippen LogP contribution in [0.1, 0.15) is 19.3 Å². The molecule has 0 unspecified atom stereocenters. The summed E-state index contributed by atoms with van der Waals surface area (Å²) >= 11 is 0. The van der Waals surface area contributed by atoms with Gasteiger partial charge in [-0.2, -0.15) is 0 Å². The van der Waals surface area contributed by atoms with Gasteiger partial charge in [-0.15, -0.1) is 0 Å². The minimum absolute atomic E-state index is 0.0422. The van der Waals surface area contributed by atoms with Crippen molar-refractivity contribution in [1.29, 1.82) is 0 Å². The van der Waals surface area contributed by atoms with Gasteiger partial charge < -0.3 is 4.74 Å². The van der Waals surface area contributed by atoms with Gasteiger partial charge in [0.25, 0.3) is 0 Å². The monoisotopic (exact) mass is 169 g/mol. The minimum Gasteiger partial charge on any atom is -0.468 e. The Balaban J connectivity index is 2.03. The molecule has 0 aromatic rings. The van der Waals surface area contributed by atoms with Crippen molar-refractivity contribution in [3.63, 3.8) is 0 Å². The number of piperidine rings is 3. The highest BCUT2D eigenvalue weighted by atomic mass is 16.5. The van der Waals surface area contributed by atoms with E-state index in [0.717, 1.165) is 25.4 Å². The molecule has 3 heterocycles. The predicted molar refractivity (Wildman–Crippen MR) is 44.7 cm³/mol. The summed E-state index contributed by atoms with van der Waals surface area (Å²) < 4.78 is 4.76. The summed E-state index contributed by atoms with van der Waals surface area (Å²) in [6.07, 6.45) is 3.56. The van der Waals surface area contributed by atoms with E-state index < -0.39 is 0 Å². The van der Waals surface area contributed by atoms with Crippen LogP contribution >= 0.6 is 0 Å². The summed E-state index contributed by atoms with van der Waals surface area (Å²) in [5.41, 5.74) is 0. The van der Waals surface area contributed by atoms with Crippen molar-refractivity contribution in [2.75, 3.05) is 20.2 Å². The van der Waals surface area contributed by atoms with E-state index in [1.165, 1.54) is 20.0 Å². The number of nitrogens with zero attached hydrogens (tertiary/aromatic N) is 1. The smallest absolute Gasteiger partial charge is 0.323 e. The van der Waals surface area contributed by atoms with Crippen molar-refractivity contribution in [3.05, 3.63) is 0 Å². The van der Waals surface area contributed by atoms with E-state index in [4.69, 9.17) is 4.74 Å². The molecular formula is C9H15NO2. The maximum absolute atomic E-state index is 11.3. The Morgan fingerprint density at radius 3 is 2.50 bits per heavy atom. The highest BCUT2D eigenvalue weighted by Gasteiger charge is 2.37. The summed E-state index contributed by atoms with van der Waals surface area (Å²) in [6, 6.07) is 0.0718. The average Bonchev–Trinajstić information content (AvgIpc) is 2.18. The van der Waals surface area contributed by atoms with Gasteiger partial charge in [0, 0.05) is 0 Å². The second kappa shape index (κ2) is 3.05. The summed E-state index contributed by atoms with van der Waals surface area (Å²) in [6.45, 7) is 2.18. The highest BCUT2D eigenvalue weighted by Crippen LogP contribution is 2.31. The van der Waals surface area contributed by atoms with Gasteiger partial charge in [0.1, 0.15) is 6.04 Å². The molecule has 0 amide bonds. The van der Waals surface area contributed by atoms with Crippen LogP contribution in [0.3, 0.4) is 0 Å². The first-order valence-electron chi connectivity index (χ1n) is 4.63. The molecule has 0 N–H and O–H groups in total. The summed E-state index contributed by atoms with van der Waals surface area (Å²) in [7, 11) is 1.48. The summed E-state index contributed by atoms with van der Waals surface area (Å²) in [5, 5.41) is 0. The van der Waals surface area contributed by atoms with Crippen molar-refractivity contribution in [1.82, 2.24) is 4.90 Å². The predicted octanol–water partition coefficient (Wildman–Crippen LogP) is 0.644. The van der Waals surface area contributed by atoms with E-state index in [1.54, 1.807) is 0 Å². The third-order valence-corrected chi connectivity index (χ3v) is 3.12. The molecule has 12 heavy (non-hydrogen) atoms. The zero-order valence-electron chi connectivity index (χ0n) is 7.45. The fraction of sp³-hybridized carbons (Fsp3) is 0.889. The van der Waals surface area contributed by atoms with Crippen LogP contribution in [-0.2, 0) is 9.53 Å². The number of ether oxygens (including phenoxy) is 1. The molecule has 3 heteroatoms. The van der Waals surface area contributed by atoms with E-state index in [-0.39, 0.29) is 12.0 Å². The topological polar surface area (TPSA) is 29.5 Å². The van der Waals surface area contributed by atoms with Crippen molar-refractivity contribution < 1.29 is 9.53 Å². The lowest BCUT2D eigenvalue weighted by molar-refractivity contribution is -0.151. The van der Waals surface area contributed by atoms with Gasteiger partial charge >= 0.3 is 5.97 Å². The number of esters is 1. The largest absolute Gasteiger partial charge is 0.468 e. The Morgan fingerprint density at radius 1 is 1.42 bits per heavy atom. The first-order valence-corrected chi connectivity index (χ1v) is 4.63. The standard InChI is InChI=1S/C9H15NO2/c1-12-9(11)8-6-7-2-4-10(8)5-3-7/h7-8H,2-6H2,1H3/t8-/m1/s1. The molecule has 0 aliphatic carbocycles. The number of fused-ring (bicyclic) bond motifs is 3. The van der Waals surface area contributed by atoms with Crippen LogP contribution in [0.25, 0.3) is 0 Å². The molecule has 3 fully saturated rings. The van der Waals surface area contributed by atoms with E-state index in [2.05, 4.69) is 4.90 Å².